The fraction of sp³-hybridized carbons (Fsp3) is 0.0625. The summed E-state index contributed by atoms with van der Waals surface area (Å²) in [4.78, 5) is 0. The molecular formula is C32H24F4N6O2S. The van der Waals surface area contributed by atoms with E-state index in [4.69, 9.17) is 0 Å². The lowest BCUT2D eigenvalue weighted by Crippen LogP contribution is -2.21. The van der Waals surface area contributed by atoms with E-state index in [0.717, 1.165) is 24.3 Å². The van der Waals surface area contributed by atoms with E-state index in [1.807, 2.05) is 0 Å². The predicted molar refractivity (Wildman–Crippen MR) is 163 cm³/mol. The summed E-state index contributed by atoms with van der Waals surface area (Å²) >= 11 is 0. The quantitative estimate of drug-likeness (QED) is 0.172. The van der Waals surface area contributed by atoms with E-state index in [9.17, 15) is 26.0 Å². The van der Waals surface area contributed by atoms with E-state index in [1.54, 1.807) is 83.9 Å². The second kappa shape index (κ2) is 11.6. The summed E-state index contributed by atoms with van der Waals surface area (Å²) in [6.45, 7) is 3.53. The van der Waals surface area contributed by atoms with E-state index in [-0.39, 0.29) is 11.4 Å². The Morgan fingerprint density at radius 3 is 1.27 bits per heavy atom. The van der Waals surface area contributed by atoms with Gasteiger partial charge < -0.3 is 0 Å². The van der Waals surface area contributed by atoms with E-state index in [2.05, 4.69) is 19.6 Å². The van der Waals surface area contributed by atoms with E-state index < -0.39 is 33.5 Å². The molecule has 0 fully saturated rings. The molecule has 0 radical (unpaired) electrons. The van der Waals surface area contributed by atoms with Gasteiger partial charge in [-0.3, -0.25) is 9.44 Å². The predicted octanol–water partition coefficient (Wildman–Crippen LogP) is 7.33. The molecule has 6 aromatic rings. The minimum atomic E-state index is -4.05. The fourth-order valence-electron chi connectivity index (χ4n) is 4.79. The van der Waals surface area contributed by atoms with Gasteiger partial charge in [-0.1, -0.05) is 0 Å². The van der Waals surface area contributed by atoms with Crippen LogP contribution in [-0.2, 0) is 10.2 Å². The highest BCUT2D eigenvalue weighted by Gasteiger charge is 2.16. The number of aromatic nitrogens is 4. The lowest BCUT2D eigenvalue weighted by Gasteiger charge is -2.13. The maximum absolute atomic E-state index is 13.9. The highest BCUT2D eigenvalue weighted by molar-refractivity contribution is 7.94. The van der Waals surface area contributed by atoms with E-state index in [0.29, 0.717) is 45.3 Å². The van der Waals surface area contributed by atoms with Crippen molar-refractivity contribution in [2.75, 3.05) is 9.44 Å². The molecular weight excluding hydrogens is 608 g/mol. The normalized spacial score (nSPS) is 11.5. The van der Waals surface area contributed by atoms with Gasteiger partial charge in [0.15, 0.2) is 23.3 Å². The van der Waals surface area contributed by atoms with Crippen molar-refractivity contribution in [2.45, 2.75) is 13.8 Å². The molecule has 0 unspecified atom stereocenters. The molecule has 0 amide bonds. The molecule has 2 heterocycles. The number of anilines is 2. The Morgan fingerprint density at radius 2 is 0.911 bits per heavy atom. The number of hydrogen-bond donors (Lipinski definition) is 2. The maximum Gasteiger partial charge on any atom is 0.321 e. The van der Waals surface area contributed by atoms with Crippen LogP contribution in [0.25, 0.3) is 33.9 Å². The SMILES string of the molecule is Cc1cc(-c2ccc(F)c(F)c2)n(-c2ccc(NS(=O)(=O)Nc3ccc(-n4nc(C)cc4-c4ccc(F)c(F)c4)cc3)cc2)n1. The highest BCUT2D eigenvalue weighted by Crippen LogP contribution is 2.28. The van der Waals surface area contributed by atoms with Gasteiger partial charge in [-0.05, 0) is 111 Å². The Hall–Kier alpha value is -5.43. The van der Waals surface area contributed by atoms with Crippen molar-refractivity contribution in [3.05, 3.63) is 132 Å². The first-order valence-corrected chi connectivity index (χ1v) is 15.0. The molecule has 0 aliphatic carbocycles. The average Bonchev–Trinajstić information content (AvgIpc) is 3.59. The summed E-state index contributed by atoms with van der Waals surface area (Å²) in [5.74, 6) is -3.87. The van der Waals surface area contributed by atoms with E-state index >= 15 is 0 Å². The molecule has 0 spiro atoms. The molecule has 228 valence electrons. The summed E-state index contributed by atoms with van der Waals surface area (Å²) < 4.78 is 88.5. The fourth-order valence-corrected chi connectivity index (χ4v) is 5.74. The lowest BCUT2D eigenvalue weighted by atomic mass is 10.1. The molecule has 0 bridgehead atoms. The molecule has 0 aliphatic rings. The maximum atomic E-state index is 13.9. The van der Waals surface area contributed by atoms with Crippen molar-refractivity contribution in [3.63, 3.8) is 0 Å². The molecule has 2 N–H and O–H groups in total. The van der Waals surface area contributed by atoms with Gasteiger partial charge in [-0.15, -0.1) is 0 Å². The van der Waals surface area contributed by atoms with Crippen molar-refractivity contribution in [1.29, 1.82) is 0 Å². The largest absolute Gasteiger partial charge is 0.321 e. The zero-order valence-electron chi connectivity index (χ0n) is 23.8. The number of aryl methyl sites for hydroxylation is 2. The zero-order valence-corrected chi connectivity index (χ0v) is 24.6. The van der Waals surface area contributed by atoms with Crippen LogP contribution < -0.4 is 9.44 Å². The monoisotopic (exact) mass is 632 g/mol. The Kier molecular flexibility index (Phi) is 7.62. The number of nitrogens with one attached hydrogen (secondary N) is 2. The van der Waals surface area contributed by atoms with Crippen molar-refractivity contribution in [3.8, 4) is 33.9 Å². The van der Waals surface area contributed by atoms with Gasteiger partial charge in [0.25, 0.3) is 0 Å². The molecule has 2 aromatic heterocycles. The smallest absolute Gasteiger partial charge is 0.267 e. The number of benzene rings is 4. The van der Waals surface area contributed by atoms with Crippen LogP contribution >= 0.6 is 0 Å². The van der Waals surface area contributed by atoms with Crippen molar-refractivity contribution in [1.82, 2.24) is 19.6 Å². The van der Waals surface area contributed by atoms with Crippen LogP contribution in [-0.4, -0.2) is 28.0 Å². The number of rotatable bonds is 8. The Morgan fingerprint density at radius 1 is 0.533 bits per heavy atom. The van der Waals surface area contributed by atoms with Gasteiger partial charge in [0.05, 0.1) is 45.5 Å². The summed E-state index contributed by atoms with van der Waals surface area (Å²) in [5.41, 5.74) is 4.91. The molecule has 4 aromatic carbocycles. The lowest BCUT2D eigenvalue weighted by molar-refractivity contribution is 0.509. The third kappa shape index (κ3) is 6.29. The summed E-state index contributed by atoms with van der Waals surface area (Å²) in [6.07, 6.45) is 0. The van der Waals surface area contributed by atoms with Crippen LogP contribution in [0.5, 0.6) is 0 Å². The van der Waals surface area contributed by atoms with Gasteiger partial charge in [-0.2, -0.15) is 18.6 Å². The summed E-state index contributed by atoms with van der Waals surface area (Å²) in [6, 6.07) is 23.4. The first-order valence-electron chi connectivity index (χ1n) is 13.5. The van der Waals surface area contributed by atoms with Crippen molar-refractivity contribution >= 4 is 21.6 Å². The Balaban J connectivity index is 1.17. The number of halogens is 4. The molecule has 0 aliphatic heterocycles. The minimum Gasteiger partial charge on any atom is -0.267 e. The first-order chi connectivity index (χ1) is 21.5. The van der Waals surface area contributed by atoms with Crippen molar-refractivity contribution < 1.29 is 26.0 Å². The highest BCUT2D eigenvalue weighted by atomic mass is 32.2. The molecule has 13 heteroatoms. The Bertz CT molecular complexity index is 2000. The van der Waals surface area contributed by atoms with Gasteiger partial charge >= 0.3 is 10.2 Å². The molecule has 0 saturated heterocycles. The summed E-state index contributed by atoms with van der Waals surface area (Å²) in [5, 5.41) is 8.88. The van der Waals surface area contributed by atoms with Crippen LogP contribution in [0.1, 0.15) is 11.4 Å². The standard InChI is InChI=1S/C32H24F4N6O2S/c1-19-15-31(21-3-13-27(33)29(35)17-21)41(37-19)25-9-5-23(6-10-25)39-45(43,44)40-24-7-11-26(12-8-24)42-32(16-20(2)38-42)22-4-14-28(34)30(36)18-22/h3-18,39-40H,1-2H3. The van der Waals surface area contributed by atoms with Gasteiger partial charge in [0, 0.05) is 11.1 Å². The van der Waals surface area contributed by atoms with Gasteiger partial charge in [0.1, 0.15) is 0 Å². The topological polar surface area (TPSA) is 93.8 Å². The molecule has 6 rings (SSSR count). The molecule has 0 saturated carbocycles. The van der Waals surface area contributed by atoms with Crippen LogP contribution in [0.2, 0.25) is 0 Å². The number of nitrogens with zero attached hydrogens (tertiary/aromatic N) is 4. The van der Waals surface area contributed by atoms with E-state index in [1.165, 1.54) is 12.1 Å². The van der Waals surface area contributed by atoms with Crippen LogP contribution in [0.4, 0.5) is 28.9 Å². The zero-order chi connectivity index (χ0) is 31.9. The first kappa shape index (κ1) is 29.6. The van der Waals surface area contributed by atoms with Gasteiger partial charge in [0.2, 0.25) is 0 Å². The third-order valence-corrected chi connectivity index (χ3v) is 7.83. The van der Waals surface area contributed by atoms with Crippen LogP contribution in [0.15, 0.2) is 97.1 Å². The molecule has 0 atom stereocenters. The molecule has 45 heavy (non-hydrogen) atoms. The summed E-state index contributed by atoms with van der Waals surface area (Å²) in [7, 11) is -4.05. The second-order valence-electron chi connectivity index (χ2n) is 10.2. The second-order valence-corrected chi connectivity index (χ2v) is 11.6. The molecule has 8 nitrogen and oxygen atoms in total. The van der Waals surface area contributed by atoms with Crippen LogP contribution in [0, 0.1) is 37.1 Å². The third-order valence-electron chi connectivity index (χ3n) is 6.82. The minimum absolute atomic E-state index is 0.268. The van der Waals surface area contributed by atoms with Gasteiger partial charge in [-0.25, -0.2) is 26.9 Å². The number of hydrogen-bond acceptors (Lipinski definition) is 4. The van der Waals surface area contributed by atoms with Crippen LogP contribution in [0.3, 0.4) is 0 Å². The van der Waals surface area contributed by atoms with Crippen molar-refractivity contribution in [2.24, 2.45) is 0 Å². The Labute approximate surface area is 255 Å². The average molecular weight is 633 g/mol.